The predicted octanol–water partition coefficient (Wildman–Crippen LogP) is -15.9. The van der Waals surface area contributed by atoms with Crippen LogP contribution in [0.2, 0.25) is 0 Å². The molecule has 0 unspecified atom stereocenters. The Hall–Kier alpha value is 2.01. The Labute approximate surface area is 128 Å². The molecule has 0 atom stereocenters. The van der Waals surface area contributed by atoms with Gasteiger partial charge in [0.05, 0.1) is 0 Å². The third kappa shape index (κ3) is 359. The average molecular weight is 220 g/mol. The molecule has 0 radical (unpaired) electrons. The Balaban J connectivity index is -0.00000000125. The van der Waals surface area contributed by atoms with Crippen LogP contribution >= 0.6 is 0 Å². The van der Waals surface area contributed by atoms with Gasteiger partial charge in [-0.15, -0.1) is 0 Å². The molecule has 0 saturated heterocycles. The SMILES string of the molecule is O.O.O.O.O.O=[Si]([O-])[O-].[H-].[Li+].[Na+].[Na+]. The summed E-state index contributed by atoms with van der Waals surface area (Å²) < 4.78 is 8.52. The van der Waals surface area contributed by atoms with Crippen LogP contribution in [0, 0.1) is 0 Å². The van der Waals surface area contributed by atoms with Crippen molar-refractivity contribution >= 4 is 9.17 Å². The normalized spacial score (nSPS) is 2.00. The molecular weight excluding hydrogens is 209 g/mol. The van der Waals surface area contributed by atoms with Crippen LogP contribution in [0.25, 0.3) is 0 Å². The predicted molar refractivity (Wildman–Crippen MR) is 25.6 cm³/mol. The van der Waals surface area contributed by atoms with Crippen LogP contribution in [0.5, 0.6) is 0 Å². The second kappa shape index (κ2) is 74.7. The van der Waals surface area contributed by atoms with E-state index in [-0.39, 0.29) is 107 Å². The topological polar surface area (TPSA) is 221 Å². The monoisotopic (exact) mass is 220 g/mol. The zero-order valence-corrected chi connectivity index (χ0v) is 12.2. The summed E-state index contributed by atoms with van der Waals surface area (Å²) >= 11 is 0. The third-order valence-electron chi connectivity index (χ3n) is 0. The summed E-state index contributed by atoms with van der Waals surface area (Å²) in [4.78, 5) is 17.0. The van der Waals surface area contributed by atoms with E-state index in [2.05, 4.69) is 0 Å². The van der Waals surface area contributed by atoms with Crippen LogP contribution < -0.4 is 87.6 Å². The van der Waals surface area contributed by atoms with Crippen LogP contribution in [0.1, 0.15) is 1.43 Å². The Morgan fingerprint density at radius 3 is 0.833 bits per heavy atom. The summed E-state index contributed by atoms with van der Waals surface area (Å²) in [5, 5.41) is 0. The first-order chi connectivity index (χ1) is 1.73. The molecule has 12 heteroatoms. The van der Waals surface area contributed by atoms with E-state index in [0.717, 1.165) is 0 Å². The van der Waals surface area contributed by atoms with Crippen molar-refractivity contribution in [1.82, 2.24) is 0 Å². The molecule has 10 N–H and O–H groups in total. The minimum absolute atomic E-state index is 0. The van der Waals surface area contributed by atoms with Crippen LogP contribution in [0.4, 0.5) is 0 Å². The van der Waals surface area contributed by atoms with Crippen molar-refractivity contribution < 1.29 is 121 Å². The van der Waals surface area contributed by atoms with E-state index in [1.807, 2.05) is 0 Å². The maximum absolute atomic E-state index is 8.52. The van der Waals surface area contributed by atoms with E-state index in [4.69, 9.17) is 14.1 Å². The Morgan fingerprint density at radius 2 is 0.833 bits per heavy atom. The first-order valence-corrected chi connectivity index (χ1v) is 1.84. The molecule has 8 nitrogen and oxygen atoms in total. The van der Waals surface area contributed by atoms with Gasteiger partial charge in [0.15, 0.2) is 0 Å². The summed E-state index contributed by atoms with van der Waals surface area (Å²) in [5.41, 5.74) is 0. The number of hydrogen-bond acceptors (Lipinski definition) is 3. The second-order valence-electron chi connectivity index (χ2n) is 0.250. The van der Waals surface area contributed by atoms with Gasteiger partial charge in [-0.3, -0.25) is 0 Å². The van der Waals surface area contributed by atoms with Gasteiger partial charge in [0.25, 0.3) is 0 Å². The molecule has 0 saturated carbocycles. The van der Waals surface area contributed by atoms with E-state index < -0.39 is 9.17 Å². The molecule has 0 rings (SSSR count). The van der Waals surface area contributed by atoms with Crippen molar-refractivity contribution in [3.63, 3.8) is 0 Å². The zero-order valence-electron chi connectivity index (χ0n) is 8.22. The molecule has 0 aliphatic carbocycles. The fraction of sp³-hybridized carbons (Fsp3) is 0. The van der Waals surface area contributed by atoms with Gasteiger partial charge in [-0.25, -0.2) is 0 Å². The van der Waals surface area contributed by atoms with Crippen molar-refractivity contribution in [1.29, 1.82) is 0 Å². The van der Waals surface area contributed by atoms with E-state index in [1.54, 1.807) is 0 Å². The summed E-state index contributed by atoms with van der Waals surface area (Å²) in [6.45, 7) is 0. The van der Waals surface area contributed by atoms with Crippen molar-refractivity contribution in [3.8, 4) is 0 Å². The molecule has 0 aromatic carbocycles. The molecule has 66 valence electrons. The first-order valence-electron chi connectivity index (χ1n) is 0.612. The minimum Gasteiger partial charge on any atom is -1.00 e. The fourth-order valence-electron chi connectivity index (χ4n) is 0. The molecule has 0 aromatic rings. The first kappa shape index (κ1) is 94.4. The number of rotatable bonds is 0. The molecule has 12 heavy (non-hydrogen) atoms. The van der Waals surface area contributed by atoms with Crippen LogP contribution in [0.15, 0.2) is 0 Å². The fourth-order valence-corrected chi connectivity index (χ4v) is 0. The van der Waals surface area contributed by atoms with Gasteiger partial charge in [0.1, 0.15) is 0 Å². The van der Waals surface area contributed by atoms with E-state index in [1.165, 1.54) is 0 Å². The van der Waals surface area contributed by atoms with E-state index >= 15 is 0 Å². The summed E-state index contributed by atoms with van der Waals surface area (Å²) in [7, 11) is -3.63. The summed E-state index contributed by atoms with van der Waals surface area (Å²) in [6.07, 6.45) is 0. The van der Waals surface area contributed by atoms with Crippen LogP contribution in [-0.2, 0) is 4.46 Å². The number of hydrogen-bond donors (Lipinski definition) is 0. The Kier molecular flexibility index (Phi) is 588. The van der Waals surface area contributed by atoms with E-state index in [9.17, 15) is 0 Å². The van der Waals surface area contributed by atoms with Gasteiger partial charge >= 0.3 is 78.0 Å². The standard InChI is InChI=1S/Li.2Na.O3Si.5H2O.H/c;;;1-4(2)3;;;;;;/h;;;;5*1H2;/q3*+1;-2;;;;;;-1. The van der Waals surface area contributed by atoms with Crippen LogP contribution in [0.3, 0.4) is 0 Å². The Bertz CT molecular complexity index is 45.1. The van der Waals surface area contributed by atoms with Crippen LogP contribution in [-0.4, -0.2) is 36.6 Å². The molecule has 0 fully saturated rings. The van der Waals surface area contributed by atoms with Gasteiger partial charge in [-0.1, -0.05) is 0 Å². The van der Waals surface area contributed by atoms with Crippen molar-refractivity contribution in [2.24, 2.45) is 0 Å². The van der Waals surface area contributed by atoms with Gasteiger partial charge in [0.2, 0.25) is 0 Å². The largest absolute Gasteiger partial charge is 1.00 e. The van der Waals surface area contributed by atoms with Gasteiger partial charge in [0, 0.05) is 9.17 Å². The zero-order chi connectivity index (χ0) is 3.58. The molecular formula is H11LiNa2O8Si. The second-order valence-corrected chi connectivity index (χ2v) is 0.750. The summed E-state index contributed by atoms with van der Waals surface area (Å²) in [5.74, 6) is 0. The van der Waals surface area contributed by atoms with Crippen molar-refractivity contribution in [3.05, 3.63) is 0 Å². The van der Waals surface area contributed by atoms with Gasteiger partial charge in [-0.2, -0.15) is 0 Å². The molecule has 0 aliphatic heterocycles. The minimum atomic E-state index is -3.63. The van der Waals surface area contributed by atoms with E-state index in [0.29, 0.717) is 0 Å². The van der Waals surface area contributed by atoms with Crippen molar-refractivity contribution in [2.45, 2.75) is 0 Å². The average Bonchev–Trinajstić information content (AvgIpc) is 0.811. The van der Waals surface area contributed by atoms with Crippen molar-refractivity contribution in [2.75, 3.05) is 0 Å². The Morgan fingerprint density at radius 1 is 0.833 bits per heavy atom. The molecule has 0 bridgehead atoms. The quantitative estimate of drug-likeness (QED) is 0.362. The molecule has 0 amide bonds. The maximum atomic E-state index is 8.52. The maximum Gasteiger partial charge on any atom is 1.00 e. The molecule has 0 aliphatic rings. The smallest absolute Gasteiger partial charge is 1.00 e. The third-order valence-corrected chi connectivity index (χ3v) is 0. The molecule has 0 heterocycles. The molecule has 0 aromatic heterocycles. The van der Waals surface area contributed by atoms with Gasteiger partial charge < -0.3 is 42.9 Å². The molecule has 0 spiro atoms. The summed E-state index contributed by atoms with van der Waals surface area (Å²) in [6, 6.07) is 0. The van der Waals surface area contributed by atoms with Gasteiger partial charge in [-0.05, 0) is 0 Å².